The molecule has 156 valence electrons. The molecule has 2 aliphatic heterocycles. The second-order valence-electron chi connectivity index (χ2n) is 7.08. The maximum Gasteiger partial charge on any atom is 0.336 e. The molecule has 0 unspecified atom stereocenters. The fraction of sp³-hybridized carbons (Fsp3) is 0.318. The van der Waals surface area contributed by atoms with Crippen molar-refractivity contribution in [3.05, 3.63) is 47.7 Å². The largest absolute Gasteiger partial charge is 0.492 e. The number of carbonyl (C=O) groups is 3. The maximum atomic E-state index is 13.1. The third-order valence-corrected chi connectivity index (χ3v) is 5.07. The van der Waals surface area contributed by atoms with Gasteiger partial charge in [-0.1, -0.05) is 12.1 Å². The van der Waals surface area contributed by atoms with Gasteiger partial charge in [0.05, 0.1) is 12.3 Å². The van der Waals surface area contributed by atoms with Gasteiger partial charge in [0.1, 0.15) is 17.1 Å². The highest BCUT2D eigenvalue weighted by Crippen LogP contribution is 2.31. The van der Waals surface area contributed by atoms with Crippen LogP contribution in [-0.4, -0.2) is 37.5 Å². The van der Waals surface area contributed by atoms with E-state index in [4.69, 9.17) is 9.15 Å². The van der Waals surface area contributed by atoms with E-state index in [1.807, 2.05) is 6.07 Å². The lowest BCUT2D eigenvalue weighted by molar-refractivity contribution is -0.122. The number of barbiturate groups is 1. The van der Waals surface area contributed by atoms with Crippen molar-refractivity contribution in [3.8, 4) is 5.75 Å². The highest BCUT2D eigenvalue weighted by Gasteiger charge is 2.38. The first-order valence-corrected chi connectivity index (χ1v) is 10.1. The van der Waals surface area contributed by atoms with Crippen molar-refractivity contribution in [3.63, 3.8) is 0 Å². The summed E-state index contributed by atoms with van der Waals surface area (Å²) in [5.74, 6) is -0.0261. The Hall–Kier alpha value is -3.55. The van der Waals surface area contributed by atoms with Crippen LogP contribution in [0.3, 0.4) is 0 Å². The smallest absolute Gasteiger partial charge is 0.336 e. The lowest BCUT2D eigenvalue weighted by Crippen LogP contribution is -2.54. The molecule has 2 aliphatic rings. The van der Waals surface area contributed by atoms with Crippen LogP contribution >= 0.6 is 0 Å². The fourth-order valence-electron chi connectivity index (χ4n) is 3.64. The summed E-state index contributed by atoms with van der Waals surface area (Å²) in [6.07, 6.45) is 4.78. The number of piperidine rings is 1. The van der Waals surface area contributed by atoms with Crippen molar-refractivity contribution >= 4 is 35.5 Å². The van der Waals surface area contributed by atoms with Crippen LogP contribution in [0.5, 0.6) is 5.75 Å². The summed E-state index contributed by atoms with van der Waals surface area (Å²) in [5, 5.41) is 2.22. The van der Waals surface area contributed by atoms with Gasteiger partial charge in [-0.05, 0) is 50.5 Å². The van der Waals surface area contributed by atoms with Crippen molar-refractivity contribution in [2.75, 3.05) is 29.5 Å². The molecule has 0 atom stereocenters. The highest BCUT2D eigenvalue weighted by atomic mass is 16.5. The molecule has 1 N–H and O–H groups in total. The minimum atomic E-state index is -0.817. The summed E-state index contributed by atoms with van der Waals surface area (Å²) in [6, 6.07) is 9.42. The Labute approximate surface area is 174 Å². The van der Waals surface area contributed by atoms with Crippen molar-refractivity contribution < 1.29 is 23.5 Å². The molecule has 30 heavy (non-hydrogen) atoms. The Kier molecular flexibility index (Phi) is 5.56. The van der Waals surface area contributed by atoms with Crippen molar-refractivity contribution in [1.82, 2.24) is 5.32 Å². The van der Waals surface area contributed by atoms with Gasteiger partial charge in [-0.25, -0.2) is 9.69 Å². The number of nitrogens with one attached hydrogen (secondary N) is 1. The molecule has 3 heterocycles. The number of para-hydroxylation sites is 2. The van der Waals surface area contributed by atoms with E-state index in [0.717, 1.165) is 30.8 Å². The normalized spacial score (nSPS) is 18.7. The summed E-state index contributed by atoms with van der Waals surface area (Å²) >= 11 is 0. The van der Waals surface area contributed by atoms with Crippen LogP contribution in [0.15, 0.2) is 46.4 Å². The van der Waals surface area contributed by atoms with Gasteiger partial charge in [0.25, 0.3) is 11.8 Å². The number of carbonyl (C=O) groups excluding carboxylic acids is 3. The Morgan fingerprint density at radius 1 is 1.07 bits per heavy atom. The minimum Gasteiger partial charge on any atom is -0.492 e. The van der Waals surface area contributed by atoms with E-state index in [1.54, 1.807) is 37.3 Å². The number of anilines is 2. The van der Waals surface area contributed by atoms with Crippen molar-refractivity contribution in [2.45, 2.75) is 26.2 Å². The Balaban J connectivity index is 1.64. The van der Waals surface area contributed by atoms with E-state index in [2.05, 4.69) is 10.2 Å². The molecule has 0 saturated carbocycles. The molecule has 4 rings (SSSR count). The predicted octanol–water partition coefficient (Wildman–Crippen LogP) is 3.34. The maximum absolute atomic E-state index is 13.1. The zero-order valence-corrected chi connectivity index (χ0v) is 16.7. The Bertz CT molecular complexity index is 1000. The summed E-state index contributed by atoms with van der Waals surface area (Å²) in [6.45, 7) is 4.01. The average molecular weight is 409 g/mol. The number of nitrogens with zero attached hydrogens (tertiary/aromatic N) is 2. The fourth-order valence-corrected chi connectivity index (χ4v) is 3.64. The van der Waals surface area contributed by atoms with Gasteiger partial charge in [-0.15, -0.1) is 0 Å². The first-order chi connectivity index (χ1) is 14.6. The van der Waals surface area contributed by atoms with Gasteiger partial charge < -0.3 is 14.1 Å². The van der Waals surface area contributed by atoms with Crippen LogP contribution in [0.25, 0.3) is 6.08 Å². The van der Waals surface area contributed by atoms with Crippen LogP contribution in [0.2, 0.25) is 0 Å². The van der Waals surface area contributed by atoms with Gasteiger partial charge >= 0.3 is 6.03 Å². The second kappa shape index (κ2) is 8.44. The van der Waals surface area contributed by atoms with Gasteiger partial charge in [0.15, 0.2) is 5.88 Å². The van der Waals surface area contributed by atoms with Crippen LogP contribution in [0.4, 0.5) is 16.4 Å². The molecule has 0 radical (unpaired) electrons. The topological polar surface area (TPSA) is 92.1 Å². The molecule has 1 aromatic carbocycles. The molecule has 2 saturated heterocycles. The first-order valence-electron chi connectivity index (χ1n) is 10.1. The van der Waals surface area contributed by atoms with Gasteiger partial charge in [-0.2, -0.15) is 0 Å². The van der Waals surface area contributed by atoms with Gasteiger partial charge in [0, 0.05) is 19.2 Å². The molecule has 1 aromatic heterocycles. The molecule has 2 aromatic rings. The molecule has 0 bridgehead atoms. The Morgan fingerprint density at radius 2 is 1.83 bits per heavy atom. The van der Waals surface area contributed by atoms with Crippen LogP contribution in [-0.2, 0) is 9.59 Å². The number of hydrogen-bond acceptors (Lipinski definition) is 6. The predicted molar refractivity (Wildman–Crippen MR) is 111 cm³/mol. The molecule has 2 fully saturated rings. The number of benzene rings is 1. The van der Waals surface area contributed by atoms with Gasteiger partial charge in [-0.3, -0.25) is 14.9 Å². The average Bonchev–Trinajstić information content (AvgIpc) is 3.22. The van der Waals surface area contributed by atoms with Crippen molar-refractivity contribution in [1.29, 1.82) is 0 Å². The third-order valence-electron chi connectivity index (χ3n) is 5.07. The summed E-state index contributed by atoms with van der Waals surface area (Å²) in [4.78, 5) is 41.0. The molecular formula is C22H23N3O5. The number of hydrogen-bond donors (Lipinski definition) is 1. The zero-order valence-electron chi connectivity index (χ0n) is 16.7. The monoisotopic (exact) mass is 409 g/mol. The van der Waals surface area contributed by atoms with Gasteiger partial charge in [0.2, 0.25) is 0 Å². The molecule has 4 amide bonds. The number of furan rings is 1. The summed E-state index contributed by atoms with van der Waals surface area (Å²) in [7, 11) is 0. The van der Waals surface area contributed by atoms with E-state index < -0.39 is 17.8 Å². The van der Waals surface area contributed by atoms with Crippen LogP contribution in [0.1, 0.15) is 31.9 Å². The van der Waals surface area contributed by atoms with E-state index in [9.17, 15) is 14.4 Å². The lowest BCUT2D eigenvalue weighted by Gasteiger charge is -2.27. The number of rotatable bonds is 5. The van der Waals surface area contributed by atoms with Crippen LogP contribution in [0, 0.1) is 0 Å². The van der Waals surface area contributed by atoms with E-state index in [0.29, 0.717) is 24.0 Å². The van der Waals surface area contributed by atoms with E-state index in [1.165, 1.54) is 12.5 Å². The Morgan fingerprint density at radius 3 is 2.60 bits per heavy atom. The van der Waals surface area contributed by atoms with Crippen molar-refractivity contribution in [2.24, 2.45) is 0 Å². The summed E-state index contributed by atoms with van der Waals surface area (Å²) < 4.78 is 11.4. The number of ether oxygens (including phenoxy) is 1. The molecule has 0 spiro atoms. The molecular weight excluding hydrogens is 386 g/mol. The summed E-state index contributed by atoms with van der Waals surface area (Å²) in [5.41, 5.74) is 0.0918. The SMILES string of the molecule is CCOc1ccccc1N1C(=O)NC(=O)/C(=C\c2ccc(N3CCCCC3)o2)C1=O. The molecule has 8 heteroatoms. The third kappa shape index (κ3) is 3.80. The highest BCUT2D eigenvalue weighted by molar-refractivity contribution is 6.39. The number of urea groups is 1. The first kappa shape index (κ1) is 19.8. The van der Waals surface area contributed by atoms with E-state index >= 15 is 0 Å². The molecule has 8 nitrogen and oxygen atoms in total. The number of imide groups is 2. The standard InChI is InChI=1S/C22H23N3O5/c1-2-29-18-9-5-4-8-17(18)25-21(27)16(20(26)23-22(25)28)14-15-10-11-19(30-15)24-12-6-3-7-13-24/h4-5,8-11,14H,2-3,6-7,12-13H2,1H3,(H,23,26,28)/b16-14+. The molecule has 0 aliphatic carbocycles. The van der Waals surface area contributed by atoms with E-state index in [-0.39, 0.29) is 11.3 Å². The second-order valence-corrected chi connectivity index (χ2v) is 7.08. The minimum absolute atomic E-state index is 0.180. The zero-order chi connectivity index (χ0) is 21.1. The number of amides is 4. The lowest BCUT2D eigenvalue weighted by atomic mass is 10.1. The quantitative estimate of drug-likeness (QED) is 0.602. The van der Waals surface area contributed by atoms with Crippen LogP contribution < -0.4 is 19.9 Å².